The number of piperidine rings is 1. The van der Waals surface area contributed by atoms with Gasteiger partial charge < -0.3 is 9.64 Å². The molecule has 7 nitrogen and oxygen atoms in total. The lowest BCUT2D eigenvalue weighted by Gasteiger charge is -2.56. The van der Waals surface area contributed by atoms with E-state index in [2.05, 4.69) is 15.1 Å². The summed E-state index contributed by atoms with van der Waals surface area (Å²) in [5.41, 5.74) is 1.50. The largest absolute Gasteiger partial charge is 0.444 e. The van der Waals surface area contributed by atoms with Crippen molar-refractivity contribution in [2.24, 2.45) is 0 Å². The van der Waals surface area contributed by atoms with Gasteiger partial charge >= 0.3 is 6.09 Å². The minimum Gasteiger partial charge on any atom is -0.444 e. The lowest BCUT2D eigenvalue weighted by atomic mass is 9.77. The average molecular weight is 383 g/mol. The normalized spacial score (nSPS) is 22.9. The summed E-state index contributed by atoms with van der Waals surface area (Å²) < 4.78 is 5.59. The van der Waals surface area contributed by atoms with E-state index < -0.39 is 5.60 Å². The van der Waals surface area contributed by atoms with Crippen LogP contribution in [-0.2, 0) is 11.3 Å². The molecule has 2 aliphatic rings. The van der Waals surface area contributed by atoms with Gasteiger partial charge in [0.25, 0.3) is 0 Å². The summed E-state index contributed by atoms with van der Waals surface area (Å²) in [5, 5.41) is 9.05. The van der Waals surface area contributed by atoms with Crippen LogP contribution in [0.3, 0.4) is 0 Å². The van der Waals surface area contributed by atoms with Crippen LogP contribution in [0.1, 0.15) is 45.7 Å². The Morgan fingerprint density at radius 3 is 2.64 bits per heavy atom. The molecule has 7 heteroatoms. The Morgan fingerprint density at radius 2 is 1.96 bits per heavy atom. The third kappa shape index (κ3) is 3.90. The first-order valence-electron chi connectivity index (χ1n) is 10.0. The molecule has 2 saturated heterocycles. The highest BCUT2D eigenvalue weighted by molar-refractivity contribution is 5.68. The fraction of sp³-hybridized carbons (Fsp3) is 0.571. The van der Waals surface area contributed by atoms with E-state index in [1.54, 1.807) is 4.80 Å². The van der Waals surface area contributed by atoms with E-state index in [1.807, 2.05) is 62.2 Å². The summed E-state index contributed by atoms with van der Waals surface area (Å²) in [4.78, 5) is 18.5. The van der Waals surface area contributed by atoms with Gasteiger partial charge in [-0.1, -0.05) is 18.2 Å². The zero-order valence-electron chi connectivity index (χ0n) is 17.0. The lowest BCUT2D eigenvalue weighted by Crippen LogP contribution is -2.67. The first kappa shape index (κ1) is 18.9. The molecule has 2 fully saturated rings. The van der Waals surface area contributed by atoms with Crippen molar-refractivity contribution in [2.45, 2.75) is 57.7 Å². The zero-order valence-corrected chi connectivity index (χ0v) is 17.0. The van der Waals surface area contributed by atoms with Crippen molar-refractivity contribution in [3.05, 3.63) is 42.2 Å². The Hall–Kier alpha value is -2.41. The predicted molar refractivity (Wildman–Crippen MR) is 106 cm³/mol. The van der Waals surface area contributed by atoms with Crippen LogP contribution in [-0.4, -0.2) is 61.7 Å². The van der Waals surface area contributed by atoms with Crippen molar-refractivity contribution in [3.63, 3.8) is 0 Å². The monoisotopic (exact) mass is 383 g/mol. The van der Waals surface area contributed by atoms with E-state index in [4.69, 9.17) is 4.74 Å². The Morgan fingerprint density at radius 1 is 1.18 bits per heavy atom. The van der Waals surface area contributed by atoms with Gasteiger partial charge in [-0.15, -0.1) is 0 Å². The quantitative estimate of drug-likeness (QED) is 0.814. The molecule has 1 amide bonds. The van der Waals surface area contributed by atoms with Crippen molar-refractivity contribution in [3.8, 4) is 5.69 Å². The van der Waals surface area contributed by atoms with Gasteiger partial charge in [0.15, 0.2) is 0 Å². The van der Waals surface area contributed by atoms with Crippen LogP contribution in [0.2, 0.25) is 0 Å². The van der Waals surface area contributed by atoms with Crippen LogP contribution >= 0.6 is 0 Å². The highest BCUT2D eigenvalue weighted by Gasteiger charge is 2.48. The number of aromatic nitrogens is 3. The lowest BCUT2D eigenvalue weighted by molar-refractivity contribution is -0.0750. The number of hydrogen-bond donors (Lipinski definition) is 0. The Kier molecular flexibility index (Phi) is 4.87. The molecule has 2 aliphatic heterocycles. The predicted octanol–water partition coefficient (Wildman–Crippen LogP) is 3.24. The van der Waals surface area contributed by atoms with Crippen molar-refractivity contribution in [2.75, 3.05) is 19.6 Å². The number of hydrogen-bond acceptors (Lipinski definition) is 5. The number of carbonyl (C=O) groups is 1. The molecular formula is C21H29N5O2. The van der Waals surface area contributed by atoms with Crippen molar-refractivity contribution >= 4 is 6.09 Å². The second kappa shape index (κ2) is 7.20. The zero-order chi connectivity index (χ0) is 19.8. The second-order valence-corrected chi connectivity index (χ2v) is 8.86. The molecule has 0 radical (unpaired) electrons. The van der Waals surface area contributed by atoms with Crippen LogP contribution in [0.5, 0.6) is 0 Å². The topological polar surface area (TPSA) is 63.5 Å². The summed E-state index contributed by atoms with van der Waals surface area (Å²) in [6, 6.07) is 9.94. The van der Waals surface area contributed by atoms with E-state index in [0.717, 1.165) is 56.8 Å². The van der Waals surface area contributed by atoms with Gasteiger partial charge in [-0.3, -0.25) is 4.90 Å². The maximum atomic E-state index is 12.5. The van der Waals surface area contributed by atoms with Gasteiger partial charge in [-0.25, -0.2) is 4.79 Å². The third-order valence-electron chi connectivity index (χ3n) is 5.60. The molecule has 1 aromatic carbocycles. The van der Waals surface area contributed by atoms with Crippen LogP contribution in [0.4, 0.5) is 4.79 Å². The Balaban J connectivity index is 1.41. The standard InChI is InChI=1S/C21H29N5O2/c1-20(2,3)28-19(27)24-12-7-10-21(16-24)11-13-25(21)15-17-14-22-26(23-17)18-8-5-4-6-9-18/h4-6,8-9,14H,7,10-13,15-16H2,1-3H3/t21-/m0/s1. The van der Waals surface area contributed by atoms with Gasteiger partial charge in [-0.05, 0) is 52.2 Å². The number of likely N-dealkylation sites (tertiary alicyclic amines) is 2. The van der Waals surface area contributed by atoms with Crippen molar-refractivity contribution in [1.29, 1.82) is 0 Å². The molecule has 0 aliphatic carbocycles. The molecule has 1 aromatic heterocycles. The minimum absolute atomic E-state index is 0.0473. The molecule has 1 atom stereocenters. The van der Waals surface area contributed by atoms with Crippen molar-refractivity contribution in [1.82, 2.24) is 24.8 Å². The van der Waals surface area contributed by atoms with Crippen LogP contribution < -0.4 is 0 Å². The van der Waals surface area contributed by atoms with Gasteiger partial charge in [-0.2, -0.15) is 15.0 Å². The van der Waals surface area contributed by atoms with E-state index in [1.165, 1.54) is 0 Å². The summed E-state index contributed by atoms with van der Waals surface area (Å²) in [6.07, 6.45) is 4.87. The molecule has 0 saturated carbocycles. The number of rotatable bonds is 3. The van der Waals surface area contributed by atoms with Gasteiger partial charge in [0.1, 0.15) is 5.60 Å². The molecule has 0 unspecified atom stereocenters. The molecule has 0 N–H and O–H groups in total. The molecule has 1 spiro atoms. The third-order valence-corrected chi connectivity index (χ3v) is 5.60. The number of nitrogens with zero attached hydrogens (tertiary/aromatic N) is 5. The smallest absolute Gasteiger partial charge is 0.410 e. The van der Waals surface area contributed by atoms with E-state index >= 15 is 0 Å². The number of para-hydroxylation sites is 1. The van der Waals surface area contributed by atoms with Gasteiger partial charge in [0.05, 0.1) is 17.6 Å². The SMILES string of the molecule is CC(C)(C)OC(=O)N1CCC[C@]2(CCN2Cc2cnn(-c3ccccc3)n2)C1. The summed E-state index contributed by atoms with van der Waals surface area (Å²) >= 11 is 0. The Bertz CT molecular complexity index is 829. The number of benzene rings is 1. The Labute approximate surface area is 166 Å². The summed E-state index contributed by atoms with van der Waals surface area (Å²) in [6.45, 7) is 9.03. The molecule has 150 valence electrons. The maximum absolute atomic E-state index is 12.5. The first-order valence-corrected chi connectivity index (χ1v) is 10.0. The molecule has 4 rings (SSSR count). The number of carbonyl (C=O) groups excluding carboxylic acids is 1. The highest BCUT2D eigenvalue weighted by atomic mass is 16.6. The van der Waals surface area contributed by atoms with Crippen LogP contribution in [0.15, 0.2) is 36.5 Å². The summed E-state index contributed by atoms with van der Waals surface area (Å²) in [7, 11) is 0. The van der Waals surface area contributed by atoms with E-state index in [9.17, 15) is 4.79 Å². The van der Waals surface area contributed by atoms with Gasteiger partial charge in [0.2, 0.25) is 0 Å². The van der Waals surface area contributed by atoms with Crippen LogP contribution in [0, 0.1) is 0 Å². The van der Waals surface area contributed by atoms with E-state index in [-0.39, 0.29) is 11.6 Å². The number of ether oxygens (including phenoxy) is 1. The summed E-state index contributed by atoms with van der Waals surface area (Å²) in [5.74, 6) is 0. The second-order valence-electron chi connectivity index (χ2n) is 8.86. The fourth-order valence-corrected chi connectivity index (χ4v) is 4.14. The first-order chi connectivity index (χ1) is 13.3. The molecule has 0 bridgehead atoms. The molecule has 2 aromatic rings. The maximum Gasteiger partial charge on any atom is 0.410 e. The molecular weight excluding hydrogens is 354 g/mol. The number of amides is 1. The van der Waals surface area contributed by atoms with Gasteiger partial charge in [0, 0.05) is 31.7 Å². The van der Waals surface area contributed by atoms with Crippen molar-refractivity contribution < 1.29 is 9.53 Å². The highest BCUT2D eigenvalue weighted by Crippen LogP contribution is 2.39. The molecule has 28 heavy (non-hydrogen) atoms. The average Bonchev–Trinajstić information content (AvgIpc) is 3.14. The molecule has 3 heterocycles. The minimum atomic E-state index is -0.461. The fourth-order valence-electron chi connectivity index (χ4n) is 4.14. The van der Waals surface area contributed by atoms with E-state index in [0.29, 0.717) is 0 Å². The van der Waals surface area contributed by atoms with Crippen LogP contribution in [0.25, 0.3) is 5.69 Å².